The first-order valence-electron chi connectivity index (χ1n) is 1.15. The Labute approximate surface area is 40.6 Å². The van der Waals surface area contributed by atoms with E-state index in [1.165, 1.54) is 0 Å². The molecule has 0 fully saturated rings. The zero-order valence-corrected chi connectivity index (χ0v) is 3.73. The van der Waals surface area contributed by atoms with Crippen molar-refractivity contribution in [1.29, 1.82) is 0 Å². The van der Waals surface area contributed by atoms with Gasteiger partial charge in [-0.05, 0) is 0 Å². The molecular weight excluding hydrogens is 79.1 g/mol. The van der Waals surface area contributed by atoms with Crippen LogP contribution in [-0.4, -0.2) is 26.9 Å². The molecule has 0 bridgehead atoms. The van der Waals surface area contributed by atoms with E-state index < -0.39 is 0 Å². The average molecular weight is 89.2 g/mol. The van der Waals surface area contributed by atoms with Gasteiger partial charge in [-0.25, -0.2) is 0 Å². The Morgan fingerprint density at radius 1 is 1.25 bits per heavy atom. The summed E-state index contributed by atoms with van der Waals surface area (Å²) in [5, 5.41) is 0. The second kappa shape index (κ2) is 9.26. The van der Waals surface area contributed by atoms with Gasteiger partial charge in [0.1, 0.15) is 0 Å². The maximum absolute atomic E-state index is 2.21. The van der Waals surface area contributed by atoms with Crippen LogP contribution >= 0.6 is 0 Å². The second-order valence-corrected chi connectivity index (χ2v) is 1.73. The highest BCUT2D eigenvalue weighted by molar-refractivity contribution is 6.31. The van der Waals surface area contributed by atoms with E-state index in [0.717, 1.165) is 9.52 Å². The zero-order chi connectivity index (χ0) is 2.71. The van der Waals surface area contributed by atoms with Gasteiger partial charge >= 0.3 is 0 Å². The Balaban J connectivity index is 0. The monoisotopic (exact) mass is 89.0 g/mol. The maximum atomic E-state index is 2.21. The first-order chi connectivity index (χ1) is 1.41. The van der Waals surface area contributed by atoms with Crippen LogP contribution in [0.3, 0.4) is 0 Å². The summed E-state index contributed by atoms with van der Waals surface area (Å²) in [6.45, 7) is 4.42. The van der Waals surface area contributed by atoms with E-state index in [-0.39, 0.29) is 17.4 Å². The van der Waals surface area contributed by atoms with Crippen molar-refractivity contribution in [1.82, 2.24) is 0 Å². The van der Waals surface area contributed by atoms with Crippen LogP contribution < -0.4 is 0 Å². The van der Waals surface area contributed by atoms with Crippen molar-refractivity contribution in [2.45, 2.75) is 13.1 Å². The molecule has 0 heterocycles. The van der Waals surface area contributed by atoms with Crippen LogP contribution in [0.5, 0.6) is 0 Å². The zero-order valence-electron chi connectivity index (χ0n) is 2.58. The van der Waals surface area contributed by atoms with E-state index in [2.05, 4.69) is 13.1 Å². The van der Waals surface area contributed by atoms with Gasteiger partial charge in [0.2, 0.25) is 0 Å². The third-order valence-electron chi connectivity index (χ3n) is 0. The quantitative estimate of drug-likeness (QED) is 0.345. The minimum absolute atomic E-state index is 0. The van der Waals surface area contributed by atoms with Crippen LogP contribution in [-0.2, 0) is 0 Å². The molecule has 0 aromatic heterocycles. The van der Waals surface area contributed by atoms with E-state index in [4.69, 9.17) is 0 Å². The van der Waals surface area contributed by atoms with Crippen LogP contribution in [0.2, 0.25) is 13.1 Å². The minimum Gasteiger partial charge on any atom is -0.0743 e. The van der Waals surface area contributed by atoms with Gasteiger partial charge in [0.05, 0.1) is 0 Å². The van der Waals surface area contributed by atoms with Gasteiger partial charge in [-0.15, -0.1) is 0 Å². The molecular formula is C2H10AlSi. The lowest BCUT2D eigenvalue weighted by Crippen LogP contribution is -1.53. The Bertz CT molecular complexity index is 6.00. The van der Waals surface area contributed by atoms with E-state index in [9.17, 15) is 0 Å². The van der Waals surface area contributed by atoms with Crippen LogP contribution in [0.15, 0.2) is 0 Å². The summed E-state index contributed by atoms with van der Waals surface area (Å²) in [5.74, 6) is 0. The van der Waals surface area contributed by atoms with Crippen LogP contribution in [0.1, 0.15) is 0 Å². The minimum atomic E-state index is 0. The first-order valence-corrected chi connectivity index (χ1v) is 3.46. The van der Waals surface area contributed by atoms with Crippen LogP contribution in [0.4, 0.5) is 0 Å². The maximum Gasteiger partial charge on any atom is 0.187 e. The van der Waals surface area contributed by atoms with Gasteiger partial charge in [-0.1, -0.05) is 13.1 Å². The van der Waals surface area contributed by atoms with Crippen molar-refractivity contribution in [3.8, 4) is 0 Å². The normalized spacial score (nSPS) is 4.50. The van der Waals surface area contributed by atoms with Gasteiger partial charge in [0.15, 0.2) is 17.4 Å². The highest BCUT2D eigenvalue weighted by atomic mass is 28.2. The van der Waals surface area contributed by atoms with Gasteiger partial charge in [0.25, 0.3) is 0 Å². The lowest BCUT2D eigenvalue weighted by Gasteiger charge is -1.44. The molecule has 0 amide bonds. The second-order valence-electron chi connectivity index (χ2n) is 0.577. The fraction of sp³-hybridized carbons (Fsp3) is 1.00. The lowest BCUT2D eigenvalue weighted by molar-refractivity contribution is 2.14. The van der Waals surface area contributed by atoms with Crippen molar-refractivity contribution >= 4 is 26.9 Å². The van der Waals surface area contributed by atoms with E-state index in [1.54, 1.807) is 0 Å². The van der Waals surface area contributed by atoms with Crippen molar-refractivity contribution in [2.75, 3.05) is 0 Å². The number of hydrogen-bond donors (Lipinski definition) is 0. The molecule has 0 aliphatic carbocycles. The molecule has 0 N–H and O–H groups in total. The predicted octanol–water partition coefficient (Wildman–Crippen LogP) is -0.665. The molecule has 0 aliphatic heterocycles. The molecule has 2 heteroatoms. The number of rotatable bonds is 0. The molecule has 0 saturated carbocycles. The molecule has 25 valence electrons. The highest BCUT2D eigenvalue weighted by Crippen LogP contribution is 1.36. The summed E-state index contributed by atoms with van der Waals surface area (Å²) in [6.07, 6.45) is 0. The van der Waals surface area contributed by atoms with Crippen molar-refractivity contribution in [3.05, 3.63) is 0 Å². The highest BCUT2D eigenvalue weighted by Gasteiger charge is 1.39. The Hall–Kier alpha value is 0.749. The summed E-state index contributed by atoms with van der Waals surface area (Å²) in [7, 11) is 0.750. The molecule has 1 radical (unpaired) electrons. The molecule has 0 saturated heterocycles. The molecule has 4 heavy (non-hydrogen) atoms. The molecule has 0 nitrogen and oxygen atoms in total. The SMILES string of the molecule is C[SiH]C.[AlH3]. The fourth-order valence-electron chi connectivity index (χ4n) is 0. The summed E-state index contributed by atoms with van der Waals surface area (Å²) in [6, 6.07) is 0. The molecule has 0 atom stereocenters. The summed E-state index contributed by atoms with van der Waals surface area (Å²) in [5.41, 5.74) is 0. The average Bonchev–Trinajstić information content (AvgIpc) is 0.918. The Morgan fingerprint density at radius 2 is 1.25 bits per heavy atom. The van der Waals surface area contributed by atoms with Gasteiger partial charge in [-0.2, -0.15) is 0 Å². The molecule has 0 aromatic carbocycles. The van der Waals surface area contributed by atoms with Gasteiger partial charge < -0.3 is 0 Å². The smallest absolute Gasteiger partial charge is 0.0743 e. The molecule has 0 aliphatic rings. The largest absolute Gasteiger partial charge is 0.187 e. The van der Waals surface area contributed by atoms with Crippen molar-refractivity contribution in [3.63, 3.8) is 0 Å². The molecule has 0 unspecified atom stereocenters. The topological polar surface area (TPSA) is 0 Å². The van der Waals surface area contributed by atoms with E-state index >= 15 is 0 Å². The van der Waals surface area contributed by atoms with Crippen molar-refractivity contribution in [2.24, 2.45) is 0 Å². The van der Waals surface area contributed by atoms with Gasteiger partial charge in [0, 0.05) is 9.52 Å². The van der Waals surface area contributed by atoms with Crippen LogP contribution in [0.25, 0.3) is 0 Å². The number of hydrogen-bond acceptors (Lipinski definition) is 0. The summed E-state index contributed by atoms with van der Waals surface area (Å²) >= 11 is 0. The summed E-state index contributed by atoms with van der Waals surface area (Å²) in [4.78, 5) is 0. The third-order valence-corrected chi connectivity index (χ3v) is 0. The molecule has 0 aromatic rings. The van der Waals surface area contributed by atoms with E-state index in [0.29, 0.717) is 0 Å². The lowest BCUT2D eigenvalue weighted by atomic mass is 11.9. The summed E-state index contributed by atoms with van der Waals surface area (Å²) < 4.78 is 0. The third kappa shape index (κ3) is 15.0. The predicted molar refractivity (Wildman–Crippen MR) is 28.8 cm³/mol. The van der Waals surface area contributed by atoms with Crippen LogP contribution in [0, 0.1) is 0 Å². The van der Waals surface area contributed by atoms with Crippen molar-refractivity contribution < 1.29 is 0 Å². The fourth-order valence-corrected chi connectivity index (χ4v) is 0. The van der Waals surface area contributed by atoms with Gasteiger partial charge in [-0.3, -0.25) is 0 Å². The first kappa shape index (κ1) is 8.83. The Morgan fingerprint density at radius 3 is 1.25 bits per heavy atom. The molecule has 0 spiro atoms. The van der Waals surface area contributed by atoms with E-state index in [1.807, 2.05) is 0 Å². The Kier molecular flexibility index (Phi) is 20.4. The standard InChI is InChI=1S/C2H7Si.Al.3H/c1-3-2;;;;/h3H,1-2H3;;;;. The molecule has 0 rings (SSSR count).